The molecule has 0 saturated heterocycles. The van der Waals surface area contributed by atoms with E-state index in [0.29, 0.717) is 18.5 Å². The first-order chi connectivity index (χ1) is 9.44. The van der Waals surface area contributed by atoms with Gasteiger partial charge in [0.1, 0.15) is 0 Å². The summed E-state index contributed by atoms with van der Waals surface area (Å²) in [6, 6.07) is 7.07. The van der Waals surface area contributed by atoms with Gasteiger partial charge in [0.2, 0.25) is 10.0 Å². The van der Waals surface area contributed by atoms with Gasteiger partial charge in [-0.2, -0.15) is 0 Å². The Bertz CT molecular complexity index is 585. The number of rotatable bonds is 4. The predicted octanol–water partition coefficient (Wildman–Crippen LogP) is 2.37. The Kier molecular flexibility index (Phi) is 4.90. The molecule has 2 rings (SSSR count). The minimum absolute atomic E-state index is 0.444. The second kappa shape index (κ2) is 6.30. The number of halogens is 1. The van der Waals surface area contributed by atoms with E-state index in [1.165, 1.54) is 7.11 Å². The zero-order valence-corrected chi connectivity index (χ0v) is 14.0. The topological polar surface area (TPSA) is 72.5 Å². The Labute approximate surface area is 132 Å². The van der Waals surface area contributed by atoms with Gasteiger partial charge in [0.25, 0.3) is 0 Å². The molecule has 1 aromatic rings. The summed E-state index contributed by atoms with van der Waals surface area (Å²) in [4.78, 5) is 11.7. The molecule has 7 heteroatoms. The first kappa shape index (κ1) is 15.6. The highest BCUT2D eigenvalue weighted by Crippen LogP contribution is 2.33. The predicted molar refractivity (Wildman–Crippen MR) is 84.8 cm³/mol. The van der Waals surface area contributed by atoms with Gasteiger partial charge >= 0.3 is 5.97 Å². The highest BCUT2D eigenvalue weighted by atomic mass is 127. The van der Waals surface area contributed by atoms with E-state index in [1.54, 1.807) is 12.1 Å². The summed E-state index contributed by atoms with van der Waals surface area (Å²) in [5.41, 5.74) is 0.515. The second-order valence-electron chi connectivity index (χ2n) is 4.75. The third-order valence-electron chi connectivity index (χ3n) is 3.46. The molecule has 1 N–H and O–H groups in total. The highest BCUT2D eigenvalue weighted by Gasteiger charge is 2.42. The van der Waals surface area contributed by atoms with Crippen molar-refractivity contribution < 1.29 is 17.9 Å². The fraction of sp³-hybridized carbons (Fsp3) is 0.462. The molecule has 0 amide bonds. The van der Waals surface area contributed by atoms with Crippen LogP contribution in [0.5, 0.6) is 0 Å². The molecular formula is C13H16INO4S. The summed E-state index contributed by atoms with van der Waals surface area (Å²) in [7, 11) is -2.29. The van der Waals surface area contributed by atoms with Crippen LogP contribution in [-0.2, 0) is 19.6 Å². The molecule has 0 aliphatic heterocycles. The number of esters is 1. The molecule has 5 nitrogen and oxygen atoms in total. The van der Waals surface area contributed by atoms with Crippen LogP contribution in [0.3, 0.4) is 0 Å². The van der Waals surface area contributed by atoms with E-state index >= 15 is 0 Å². The molecular weight excluding hydrogens is 393 g/mol. The number of nitrogens with one attached hydrogen (secondary N) is 1. The number of carbonyl (C=O) groups excluding carboxylic acids is 1. The van der Waals surface area contributed by atoms with Crippen molar-refractivity contribution >= 4 is 44.3 Å². The molecule has 1 aromatic carbocycles. The van der Waals surface area contributed by atoms with Crippen LogP contribution in [0.25, 0.3) is 0 Å². The Morgan fingerprint density at radius 3 is 2.55 bits per heavy atom. The molecule has 0 radical (unpaired) electrons. The lowest BCUT2D eigenvalue weighted by molar-refractivity contribution is -0.145. The van der Waals surface area contributed by atoms with Crippen LogP contribution in [0.15, 0.2) is 24.3 Å². The number of methoxy groups -OCH3 is 1. The first-order valence-electron chi connectivity index (χ1n) is 6.29. The number of hydrogen-bond donors (Lipinski definition) is 1. The van der Waals surface area contributed by atoms with E-state index in [-0.39, 0.29) is 0 Å². The molecule has 0 bridgehead atoms. The van der Waals surface area contributed by atoms with Crippen LogP contribution in [0.4, 0.5) is 5.69 Å². The van der Waals surface area contributed by atoms with Gasteiger partial charge in [0, 0.05) is 9.26 Å². The Balaban J connectivity index is 2.17. The fourth-order valence-electron chi connectivity index (χ4n) is 2.48. The lowest BCUT2D eigenvalue weighted by atomic mass is 10.1. The zero-order chi connectivity index (χ0) is 14.8. The lowest BCUT2D eigenvalue weighted by Crippen LogP contribution is -2.35. The maximum absolute atomic E-state index is 12.4. The molecule has 1 fully saturated rings. The normalized spacial score (nSPS) is 22.5. The minimum Gasteiger partial charge on any atom is -0.469 e. The molecule has 20 heavy (non-hydrogen) atoms. The number of benzene rings is 1. The van der Waals surface area contributed by atoms with Gasteiger partial charge in [-0.3, -0.25) is 9.52 Å². The maximum atomic E-state index is 12.4. The number of sulfonamides is 1. The minimum atomic E-state index is -3.58. The molecule has 0 aromatic heterocycles. The monoisotopic (exact) mass is 409 g/mol. The van der Waals surface area contributed by atoms with Gasteiger partial charge in [-0.05, 0) is 59.7 Å². The summed E-state index contributed by atoms with van der Waals surface area (Å²) < 4.78 is 33.1. The van der Waals surface area contributed by atoms with Gasteiger partial charge in [-0.15, -0.1) is 0 Å². The largest absolute Gasteiger partial charge is 0.469 e. The zero-order valence-electron chi connectivity index (χ0n) is 11.0. The van der Waals surface area contributed by atoms with Crippen molar-refractivity contribution in [1.82, 2.24) is 0 Å². The fourth-order valence-corrected chi connectivity index (χ4v) is 4.61. The molecule has 2 unspecified atom stereocenters. The SMILES string of the molecule is COC(=O)C1CCCC1S(=O)(=O)Nc1ccc(I)cc1. The summed E-state index contributed by atoms with van der Waals surface area (Å²) in [6.45, 7) is 0. The van der Waals surface area contributed by atoms with Gasteiger partial charge in [-0.25, -0.2) is 8.42 Å². The van der Waals surface area contributed by atoms with Gasteiger partial charge in [-0.1, -0.05) is 6.42 Å². The molecule has 1 aliphatic rings. The Hall–Kier alpha value is -0.830. The quantitative estimate of drug-likeness (QED) is 0.613. The van der Waals surface area contributed by atoms with E-state index in [2.05, 4.69) is 27.3 Å². The van der Waals surface area contributed by atoms with Crippen molar-refractivity contribution in [2.24, 2.45) is 5.92 Å². The molecule has 0 heterocycles. The standard InChI is InChI=1S/C13H16INO4S/c1-19-13(16)11-3-2-4-12(11)20(17,18)15-10-7-5-9(14)6-8-10/h5-8,11-12,15H,2-4H2,1H3. The van der Waals surface area contributed by atoms with E-state index in [9.17, 15) is 13.2 Å². The lowest BCUT2D eigenvalue weighted by Gasteiger charge is -2.19. The van der Waals surface area contributed by atoms with Crippen molar-refractivity contribution in [3.8, 4) is 0 Å². The summed E-state index contributed by atoms with van der Waals surface area (Å²) in [5, 5.41) is -0.714. The van der Waals surface area contributed by atoms with Crippen LogP contribution in [0.1, 0.15) is 19.3 Å². The van der Waals surface area contributed by atoms with Crippen LogP contribution in [0, 0.1) is 9.49 Å². The molecule has 2 atom stereocenters. The van der Waals surface area contributed by atoms with E-state index in [1.807, 2.05) is 12.1 Å². The number of anilines is 1. The van der Waals surface area contributed by atoms with Crippen molar-refractivity contribution in [3.63, 3.8) is 0 Å². The van der Waals surface area contributed by atoms with Crippen LogP contribution >= 0.6 is 22.6 Å². The van der Waals surface area contributed by atoms with Crippen LogP contribution in [0.2, 0.25) is 0 Å². The summed E-state index contributed by atoms with van der Waals surface area (Å²) in [5.74, 6) is -1.01. The van der Waals surface area contributed by atoms with Crippen molar-refractivity contribution in [2.45, 2.75) is 24.5 Å². The average molecular weight is 409 g/mol. The smallest absolute Gasteiger partial charge is 0.310 e. The number of hydrogen-bond acceptors (Lipinski definition) is 4. The van der Waals surface area contributed by atoms with E-state index in [0.717, 1.165) is 9.99 Å². The van der Waals surface area contributed by atoms with Crippen molar-refractivity contribution in [3.05, 3.63) is 27.8 Å². The summed E-state index contributed by atoms with van der Waals surface area (Å²) >= 11 is 2.15. The van der Waals surface area contributed by atoms with Crippen LogP contribution < -0.4 is 4.72 Å². The van der Waals surface area contributed by atoms with Crippen molar-refractivity contribution in [2.75, 3.05) is 11.8 Å². The second-order valence-corrected chi connectivity index (χ2v) is 7.90. The van der Waals surface area contributed by atoms with E-state index in [4.69, 9.17) is 4.74 Å². The van der Waals surface area contributed by atoms with Crippen LogP contribution in [-0.4, -0.2) is 26.7 Å². The number of ether oxygens (including phenoxy) is 1. The molecule has 1 saturated carbocycles. The van der Waals surface area contributed by atoms with Gasteiger partial charge in [0.05, 0.1) is 18.3 Å². The molecule has 0 spiro atoms. The molecule has 110 valence electrons. The third kappa shape index (κ3) is 3.43. The van der Waals surface area contributed by atoms with E-state index < -0.39 is 27.2 Å². The van der Waals surface area contributed by atoms with Gasteiger partial charge in [0.15, 0.2) is 0 Å². The van der Waals surface area contributed by atoms with Crippen molar-refractivity contribution in [1.29, 1.82) is 0 Å². The first-order valence-corrected chi connectivity index (χ1v) is 8.91. The molecule has 1 aliphatic carbocycles. The third-order valence-corrected chi connectivity index (χ3v) is 6.06. The Morgan fingerprint density at radius 2 is 1.95 bits per heavy atom. The number of carbonyl (C=O) groups is 1. The average Bonchev–Trinajstić information content (AvgIpc) is 2.90. The Morgan fingerprint density at radius 1 is 1.30 bits per heavy atom. The maximum Gasteiger partial charge on any atom is 0.310 e. The highest BCUT2D eigenvalue weighted by molar-refractivity contribution is 14.1. The summed E-state index contributed by atoms with van der Waals surface area (Å²) in [6.07, 6.45) is 1.77. The van der Waals surface area contributed by atoms with Gasteiger partial charge < -0.3 is 4.74 Å².